The fraction of sp³-hybridized carbons (Fsp3) is 0.333. The number of piperazine rings is 1. The zero-order valence-electron chi connectivity index (χ0n) is 14.7. The molecule has 4 rings (SSSR count). The molecule has 3 aromatic rings. The number of carbonyl (C=O) groups excluding carboxylic acids is 1. The van der Waals surface area contributed by atoms with E-state index in [4.69, 9.17) is 0 Å². The van der Waals surface area contributed by atoms with Gasteiger partial charge in [0.25, 0.3) is 5.56 Å². The summed E-state index contributed by atoms with van der Waals surface area (Å²) in [4.78, 5) is 37.2. The van der Waals surface area contributed by atoms with E-state index in [0.717, 1.165) is 5.82 Å². The van der Waals surface area contributed by atoms with Gasteiger partial charge in [-0.2, -0.15) is 0 Å². The highest BCUT2D eigenvalue weighted by Crippen LogP contribution is 2.12. The summed E-state index contributed by atoms with van der Waals surface area (Å²) in [5.41, 5.74) is 0.339. The average molecular weight is 365 g/mol. The van der Waals surface area contributed by atoms with Gasteiger partial charge in [-0.1, -0.05) is 17.3 Å². The number of rotatable bonds is 4. The summed E-state index contributed by atoms with van der Waals surface area (Å²) in [6, 6.07) is 7.06. The number of nitrogens with zero attached hydrogens (tertiary/aromatic N) is 7. The molecule has 9 nitrogen and oxygen atoms in total. The van der Waals surface area contributed by atoms with E-state index >= 15 is 0 Å². The van der Waals surface area contributed by atoms with Gasteiger partial charge in [0, 0.05) is 45.0 Å². The van der Waals surface area contributed by atoms with Crippen molar-refractivity contribution >= 4 is 22.6 Å². The monoisotopic (exact) mass is 365 g/mol. The molecular weight excluding hydrogens is 346 g/mol. The molecule has 0 unspecified atom stereocenters. The summed E-state index contributed by atoms with van der Waals surface area (Å²) in [5, 5.41) is 8.49. The van der Waals surface area contributed by atoms with E-state index < -0.39 is 0 Å². The van der Waals surface area contributed by atoms with Gasteiger partial charge >= 0.3 is 0 Å². The minimum absolute atomic E-state index is 0.00987. The van der Waals surface area contributed by atoms with Crippen molar-refractivity contribution in [2.75, 3.05) is 31.1 Å². The molecule has 1 aliphatic rings. The van der Waals surface area contributed by atoms with E-state index in [1.807, 2.05) is 11.0 Å². The number of hydrogen-bond donors (Lipinski definition) is 0. The molecule has 2 aromatic heterocycles. The number of aromatic nitrogens is 5. The zero-order valence-corrected chi connectivity index (χ0v) is 14.7. The second kappa shape index (κ2) is 7.48. The number of hydrogen-bond acceptors (Lipinski definition) is 7. The molecule has 9 heteroatoms. The first-order valence-electron chi connectivity index (χ1n) is 8.83. The molecule has 3 heterocycles. The molecule has 0 saturated carbocycles. The van der Waals surface area contributed by atoms with Gasteiger partial charge in [-0.25, -0.2) is 9.67 Å². The van der Waals surface area contributed by atoms with Crippen LogP contribution in [0.15, 0.2) is 47.7 Å². The minimum Gasteiger partial charge on any atom is -0.352 e. The maximum Gasteiger partial charge on any atom is 0.277 e. The lowest BCUT2D eigenvalue weighted by Gasteiger charge is -2.35. The second-order valence-electron chi connectivity index (χ2n) is 6.32. The molecule has 0 aliphatic carbocycles. The number of fused-ring (bicyclic) bond motifs is 1. The van der Waals surface area contributed by atoms with Crippen molar-refractivity contribution in [3.05, 3.63) is 53.2 Å². The molecule has 0 bridgehead atoms. The van der Waals surface area contributed by atoms with Gasteiger partial charge < -0.3 is 9.80 Å². The first-order chi connectivity index (χ1) is 13.2. The van der Waals surface area contributed by atoms with E-state index in [9.17, 15) is 9.59 Å². The third kappa shape index (κ3) is 3.62. The van der Waals surface area contributed by atoms with Crippen LogP contribution < -0.4 is 10.5 Å². The normalized spacial score (nSPS) is 14.5. The van der Waals surface area contributed by atoms with Gasteiger partial charge in [0.1, 0.15) is 11.3 Å². The van der Waals surface area contributed by atoms with Crippen LogP contribution in [0, 0.1) is 0 Å². The Morgan fingerprint density at radius 1 is 1.07 bits per heavy atom. The number of anilines is 1. The van der Waals surface area contributed by atoms with E-state index in [1.165, 1.54) is 4.68 Å². The quantitative estimate of drug-likeness (QED) is 0.657. The van der Waals surface area contributed by atoms with Gasteiger partial charge in [0.05, 0.1) is 18.1 Å². The Kier molecular flexibility index (Phi) is 4.73. The summed E-state index contributed by atoms with van der Waals surface area (Å²) in [7, 11) is 0. The Morgan fingerprint density at radius 2 is 1.89 bits per heavy atom. The van der Waals surface area contributed by atoms with Gasteiger partial charge in [0.15, 0.2) is 0 Å². The molecule has 0 N–H and O–H groups in total. The van der Waals surface area contributed by atoms with Gasteiger partial charge in [-0.05, 0) is 12.1 Å². The van der Waals surface area contributed by atoms with Crippen molar-refractivity contribution in [3.63, 3.8) is 0 Å². The van der Waals surface area contributed by atoms with Gasteiger partial charge in [0.2, 0.25) is 5.91 Å². The Labute approximate surface area is 155 Å². The lowest BCUT2D eigenvalue weighted by molar-refractivity contribution is -0.131. The number of carbonyl (C=O) groups is 1. The highest BCUT2D eigenvalue weighted by Gasteiger charge is 2.22. The lowest BCUT2D eigenvalue weighted by Crippen LogP contribution is -2.49. The molecule has 0 atom stereocenters. The maximum absolute atomic E-state index is 12.5. The second-order valence-corrected chi connectivity index (χ2v) is 6.32. The Balaban J connectivity index is 1.35. The Morgan fingerprint density at radius 3 is 2.67 bits per heavy atom. The third-order valence-corrected chi connectivity index (χ3v) is 4.67. The number of aryl methyl sites for hydroxylation is 1. The molecule has 1 amide bonds. The van der Waals surface area contributed by atoms with Crippen LogP contribution in [0.4, 0.5) is 5.82 Å². The standard InChI is InChI=1S/C18H19N7O2/c26-17(24-11-9-23(10-12-24)16-13-19-6-7-20-16)5-8-25-18(27)14-3-1-2-4-15(14)21-22-25/h1-4,6-7,13H,5,8-12H2. The number of amides is 1. The first kappa shape index (κ1) is 17.1. The van der Waals surface area contributed by atoms with Crippen LogP contribution >= 0.6 is 0 Å². The van der Waals surface area contributed by atoms with Gasteiger partial charge in [-0.3, -0.25) is 14.6 Å². The Bertz CT molecular complexity index is 997. The van der Waals surface area contributed by atoms with Crippen LogP contribution in [-0.2, 0) is 11.3 Å². The molecule has 27 heavy (non-hydrogen) atoms. The molecule has 1 fully saturated rings. The maximum atomic E-state index is 12.5. The lowest BCUT2D eigenvalue weighted by atomic mass is 10.2. The minimum atomic E-state index is -0.221. The van der Waals surface area contributed by atoms with Crippen molar-refractivity contribution in [3.8, 4) is 0 Å². The average Bonchev–Trinajstić information content (AvgIpc) is 2.74. The summed E-state index contributed by atoms with van der Waals surface area (Å²) < 4.78 is 1.26. The Hall–Kier alpha value is -3.36. The fourth-order valence-electron chi connectivity index (χ4n) is 3.17. The predicted octanol–water partition coefficient (Wildman–Crippen LogP) is 0.320. The van der Waals surface area contributed by atoms with Crippen LogP contribution in [0.2, 0.25) is 0 Å². The van der Waals surface area contributed by atoms with Crippen molar-refractivity contribution < 1.29 is 4.79 Å². The van der Waals surface area contributed by atoms with E-state index in [0.29, 0.717) is 37.1 Å². The first-order valence-corrected chi connectivity index (χ1v) is 8.83. The van der Waals surface area contributed by atoms with E-state index in [1.54, 1.807) is 36.8 Å². The smallest absolute Gasteiger partial charge is 0.277 e. The van der Waals surface area contributed by atoms with Crippen LogP contribution in [0.5, 0.6) is 0 Å². The number of benzene rings is 1. The third-order valence-electron chi connectivity index (χ3n) is 4.67. The highest BCUT2D eigenvalue weighted by atomic mass is 16.2. The zero-order chi connectivity index (χ0) is 18.6. The van der Waals surface area contributed by atoms with Crippen molar-refractivity contribution in [2.45, 2.75) is 13.0 Å². The molecule has 1 aromatic carbocycles. The van der Waals surface area contributed by atoms with Gasteiger partial charge in [-0.15, -0.1) is 5.10 Å². The summed E-state index contributed by atoms with van der Waals surface area (Å²) in [6.07, 6.45) is 5.25. The van der Waals surface area contributed by atoms with Crippen LogP contribution in [0.1, 0.15) is 6.42 Å². The van der Waals surface area contributed by atoms with Crippen molar-refractivity contribution in [1.29, 1.82) is 0 Å². The van der Waals surface area contributed by atoms with E-state index in [-0.39, 0.29) is 24.4 Å². The summed E-state index contributed by atoms with van der Waals surface area (Å²) >= 11 is 0. The fourth-order valence-corrected chi connectivity index (χ4v) is 3.17. The highest BCUT2D eigenvalue weighted by molar-refractivity contribution is 5.77. The molecular formula is C18H19N7O2. The molecule has 0 spiro atoms. The predicted molar refractivity (Wildman–Crippen MR) is 99.2 cm³/mol. The largest absolute Gasteiger partial charge is 0.352 e. The van der Waals surface area contributed by atoms with Crippen LogP contribution in [0.25, 0.3) is 10.9 Å². The van der Waals surface area contributed by atoms with Crippen LogP contribution in [-0.4, -0.2) is 61.9 Å². The van der Waals surface area contributed by atoms with Crippen LogP contribution in [0.3, 0.4) is 0 Å². The summed E-state index contributed by atoms with van der Waals surface area (Å²) in [5.74, 6) is 0.832. The van der Waals surface area contributed by atoms with Crippen molar-refractivity contribution in [2.24, 2.45) is 0 Å². The van der Waals surface area contributed by atoms with E-state index in [2.05, 4.69) is 25.2 Å². The molecule has 1 saturated heterocycles. The topological polar surface area (TPSA) is 97.1 Å². The molecule has 1 aliphatic heterocycles. The molecule has 0 radical (unpaired) electrons. The summed E-state index contributed by atoms with van der Waals surface area (Å²) in [6.45, 7) is 2.88. The molecule has 138 valence electrons. The van der Waals surface area contributed by atoms with Crippen molar-refractivity contribution in [1.82, 2.24) is 29.9 Å². The SMILES string of the molecule is O=C(CCn1nnc2ccccc2c1=O)N1CCN(c2cnccn2)CC1.